The molecule has 9 heteroatoms. The minimum absolute atomic E-state index is 0.0375. The van der Waals surface area contributed by atoms with Crippen LogP contribution in [0.25, 0.3) is 0 Å². The molecule has 0 saturated carbocycles. The van der Waals surface area contributed by atoms with Crippen LogP contribution in [0.1, 0.15) is 23.7 Å². The van der Waals surface area contributed by atoms with Gasteiger partial charge in [0.2, 0.25) is 5.91 Å². The second kappa shape index (κ2) is 13.3. The zero-order chi connectivity index (χ0) is 26.0. The monoisotopic (exact) mass is 517 g/mol. The van der Waals surface area contributed by atoms with Crippen LogP contribution in [0.4, 0.5) is 11.6 Å². The predicted molar refractivity (Wildman–Crippen MR) is 154 cm³/mol. The molecule has 3 heterocycles. The van der Waals surface area contributed by atoms with Gasteiger partial charge in [-0.25, -0.2) is 4.98 Å². The van der Waals surface area contributed by atoms with Crippen LogP contribution in [-0.2, 0) is 24.4 Å². The summed E-state index contributed by atoms with van der Waals surface area (Å²) in [4.78, 5) is 26.7. The van der Waals surface area contributed by atoms with Gasteiger partial charge in [0.25, 0.3) is 0 Å². The van der Waals surface area contributed by atoms with Gasteiger partial charge < -0.3 is 25.8 Å². The fourth-order valence-electron chi connectivity index (χ4n) is 4.35. The third kappa shape index (κ3) is 8.11. The van der Waals surface area contributed by atoms with E-state index in [9.17, 15) is 4.79 Å². The first-order valence-corrected chi connectivity index (χ1v) is 14.3. The molecule has 196 valence electrons. The van der Waals surface area contributed by atoms with E-state index < -0.39 is 0 Å². The molecule has 3 N–H and O–H groups in total. The quantitative estimate of drug-likeness (QED) is 0.335. The topological polar surface area (TPSA) is 85.4 Å². The van der Waals surface area contributed by atoms with Crippen molar-refractivity contribution >= 4 is 27.8 Å². The first-order valence-electron chi connectivity index (χ1n) is 13.1. The first kappa shape index (κ1) is 26.8. The largest absolute Gasteiger partial charge is 0.366 e. The number of pyridine rings is 2. The summed E-state index contributed by atoms with van der Waals surface area (Å²) in [5.41, 5.74) is 3.50. The minimum atomic E-state index is -0.216. The van der Waals surface area contributed by atoms with E-state index in [1.54, 1.807) is 6.20 Å². The summed E-state index contributed by atoms with van der Waals surface area (Å²) in [6.45, 7) is 8.04. The van der Waals surface area contributed by atoms with E-state index in [2.05, 4.69) is 81.1 Å². The molecular weight excluding hydrogens is 478 g/mol. The first-order chi connectivity index (χ1) is 18.0. The van der Waals surface area contributed by atoms with E-state index in [1.807, 2.05) is 24.3 Å². The summed E-state index contributed by atoms with van der Waals surface area (Å²) in [6.07, 6.45) is 1.78. The highest BCUT2D eigenvalue weighted by molar-refractivity contribution is 6.14. The van der Waals surface area contributed by atoms with Crippen LogP contribution in [-0.4, -0.2) is 70.3 Å². The molecule has 1 fully saturated rings. The Hall–Kier alpha value is -3.27. The molecule has 1 unspecified atom stereocenters. The van der Waals surface area contributed by atoms with Crippen molar-refractivity contribution in [2.45, 2.75) is 38.1 Å². The molecule has 4 rings (SSSR count). The van der Waals surface area contributed by atoms with Crippen LogP contribution in [0.5, 0.6) is 0 Å². The van der Waals surface area contributed by atoms with E-state index in [0.29, 0.717) is 25.2 Å². The molecule has 0 radical (unpaired) electrons. The number of rotatable bonds is 11. The maximum Gasteiger partial charge on any atom is 0.237 e. The number of carbonyl (C=O) groups is 1. The average Bonchev–Trinajstić information content (AvgIpc) is 2.92. The lowest BCUT2D eigenvalue weighted by atomic mass is 10.1. The zero-order valence-electron chi connectivity index (χ0n) is 22.2. The molecule has 8 nitrogen and oxygen atoms in total. The highest BCUT2D eigenvalue weighted by Crippen LogP contribution is 2.17. The zero-order valence-corrected chi connectivity index (χ0v) is 24.2. The highest BCUT2D eigenvalue weighted by atomic mass is 28.1. The van der Waals surface area contributed by atoms with Crippen molar-refractivity contribution in [3.05, 3.63) is 83.7 Å². The molecule has 1 amide bonds. The van der Waals surface area contributed by atoms with Gasteiger partial charge in [-0.15, -0.1) is 0 Å². The maximum absolute atomic E-state index is 12.9. The second-order valence-electron chi connectivity index (χ2n) is 9.98. The Bertz CT molecular complexity index is 1120. The van der Waals surface area contributed by atoms with Crippen LogP contribution in [0.3, 0.4) is 0 Å². The number of likely N-dealkylation sites (N-methyl/N-ethyl adjacent to an activating group) is 1. The van der Waals surface area contributed by atoms with Gasteiger partial charge in [-0.05, 0) is 48.0 Å². The number of carbonyl (C=O) groups excluding carboxylic acids is 1. The standard InChI is InChI=1S/C28H39N7OSi/c1-21(37)27(31-20-24-6-3-4-13-29-24)28(36)32-19-23-11-9-22(10-12-23)18-30-25-7-5-8-26(33-25)35-16-14-34(2)15-17-35/h3-13,21,27,31H,14-20H2,1-2,37H3,(H,30,33)(H,32,36)/t21?,27-/m0/s1. The predicted octanol–water partition coefficient (Wildman–Crippen LogP) is 1.79. The van der Waals surface area contributed by atoms with E-state index >= 15 is 0 Å². The van der Waals surface area contributed by atoms with Crippen molar-refractivity contribution in [3.63, 3.8) is 0 Å². The summed E-state index contributed by atoms with van der Waals surface area (Å²) in [5, 5.41) is 9.93. The van der Waals surface area contributed by atoms with Gasteiger partial charge in [-0.3, -0.25) is 9.78 Å². The van der Waals surface area contributed by atoms with Crippen molar-refractivity contribution in [2.24, 2.45) is 0 Å². The third-order valence-electron chi connectivity index (χ3n) is 6.70. The van der Waals surface area contributed by atoms with Crippen LogP contribution in [0.15, 0.2) is 66.9 Å². The number of aromatic nitrogens is 2. The number of hydrogen-bond acceptors (Lipinski definition) is 7. The summed E-state index contributed by atoms with van der Waals surface area (Å²) in [5.74, 6) is 1.95. The minimum Gasteiger partial charge on any atom is -0.366 e. The van der Waals surface area contributed by atoms with Crippen molar-refractivity contribution in [3.8, 4) is 0 Å². The van der Waals surface area contributed by atoms with Gasteiger partial charge in [-0.1, -0.05) is 43.3 Å². The Kier molecular flexibility index (Phi) is 9.64. The van der Waals surface area contributed by atoms with Crippen molar-refractivity contribution < 1.29 is 4.79 Å². The summed E-state index contributed by atoms with van der Waals surface area (Å²) < 4.78 is 0. The molecule has 1 saturated heterocycles. The van der Waals surface area contributed by atoms with Crippen molar-refractivity contribution in [2.75, 3.05) is 43.4 Å². The Morgan fingerprint density at radius 2 is 1.68 bits per heavy atom. The molecular formula is C28H39N7OSi. The van der Waals surface area contributed by atoms with Gasteiger partial charge in [0.05, 0.1) is 11.7 Å². The average molecular weight is 518 g/mol. The molecule has 1 aliphatic rings. The summed E-state index contributed by atoms with van der Waals surface area (Å²) in [7, 11) is 3.09. The molecule has 2 atom stereocenters. The number of nitrogens with one attached hydrogen (secondary N) is 3. The number of amides is 1. The van der Waals surface area contributed by atoms with Crippen LogP contribution >= 0.6 is 0 Å². The SMILES string of the molecule is CC([SiH3])[C@H](NCc1ccccn1)C(=O)NCc1ccc(CNc2cccc(N3CCN(C)CC3)n2)cc1. The van der Waals surface area contributed by atoms with E-state index in [1.165, 1.54) is 5.56 Å². The second-order valence-corrected chi connectivity index (χ2v) is 11.8. The summed E-state index contributed by atoms with van der Waals surface area (Å²) >= 11 is 0. The molecule has 2 aromatic heterocycles. The lowest BCUT2D eigenvalue weighted by molar-refractivity contribution is -0.123. The number of benzene rings is 1. The molecule has 0 aliphatic carbocycles. The Labute approximate surface area is 223 Å². The fourth-order valence-corrected chi connectivity index (χ4v) is 4.89. The van der Waals surface area contributed by atoms with Gasteiger partial charge in [0.1, 0.15) is 11.6 Å². The Morgan fingerprint density at radius 1 is 0.946 bits per heavy atom. The number of anilines is 2. The lowest BCUT2D eigenvalue weighted by Crippen LogP contribution is -2.46. The van der Waals surface area contributed by atoms with E-state index in [4.69, 9.17) is 4.98 Å². The van der Waals surface area contributed by atoms with Gasteiger partial charge >= 0.3 is 0 Å². The van der Waals surface area contributed by atoms with E-state index in [0.717, 1.165) is 59.3 Å². The smallest absolute Gasteiger partial charge is 0.237 e. The van der Waals surface area contributed by atoms with Crippen LogP contribution in [0, 0.1) is 0 Å². The lowest BCUT2D eigenvalue weighted by Gasteiger charge is -2.33. The Balaban J connectivity index is 1.24. The normalized spacial score (nSPS) is 15.8. The number of piperazine rings is 1. The molecule has 1 aromatic carbocycles. The molecule has 1 aliphatic heterocycles. The molecule has 0 spiro atoms. The maximum atomic E-state index is 12.9. The number of hydrogen-bond donors (Lipinski definition) is 3. The highest BCUT2D eigenvalue weighted by Gasteiger charge is 2.21. The van der Waals surface area contributed by atoms with Crippen molar-refractivity contribution in [1.29, 1.82) is 0 Å². The van der Waals surface area contributed by atoms with Crippen molar-refractivity contribution in [1.82, 2.24) is 25.5 Å². The third-order valence-corrected chi connectivity index (χ3v) is 7.37. The molecule has 37 heavy (non-hydrogen) atoms. The molecule has 3 aromatic rings. The van der Waals surface area contributed by atoms with E-state index in [-0.39, 0.29) is 11.9 Å². The Morgan fingerprint density at radius 3 is 2.35 bits per heavy atom. The van der Waals surface area contributed by atoms with Crippen LogP contribution < -0.4 is 20.9 Å². The summed E-state index contributed by atoms with van der Waals surface area (Å²) in [6, 6.07) is 20.1. The fraction of sp³-hybridized carbons (Fsp3) is 0.393. The van der Waals surface area contributed by atoms with Crippen LogP contribution in [0.2, 0.25) is 5.54 Å². The van der Waals surface area contributed by atoms with Gasteiger partial charge in [0, 0.05) is 62.3 Å². The molecule has 0 bridgehead atoms. The number of nitrogens with zero attached hydrogens (tertiary/aromatic N) is 4. The van der Waals surface area contributed by atoms with Gasteiger partial charge in [0.15, 0.2) is 0 Å². The van der Waals surface area contributed by atoms with Gasteiger partial charge in [-0.2, -0.15) is 0 Å².